The molecule has 0 saturated heterocycles. The molecule has 110 valence electrons. The average molecular weight is 291 g/mol. The molecule has 0 aromatic carbocycles. The fourth-order valence-corrected chi connectivity index (χ4v) is 2.11. The van der Waals surface area contributed by atoms with E-state index in [1.807, 2.05) is 13.2 Å². The Bertz CT molecular complexity index is 325. The number of carboxylic acid groups (broad SMARTS) is 1. The summed E-state index contributed by atoms with van der Waals surface area (Å²) in [6.07, 6.45) is 2.58. The van der Waals surface area contributed by atoms with Gasteiger partial charge in [-0.3, -0.25) is 4.79 Å². The summed E-state index contributed by atoms with van der Waals surface area (Å²) in [5, 5.41) is 13.9. The Morgan fingerprint density at radius 1 is 1.32 bits per heavy atom. The molecule has 0 saturated carbocycles. The summed E-state index contributed by atoms with van der Waals surface area (Å²) in [6, 6.07) is -1.67. The van der Waals surface area contributed by atoms with E-state index < -0.39 is 23.9 Å². The van der Waals surface area contributed by atoms with E-state index >= 15 is 0 Å². The van der Waals surface area contributed by atoms with Crippen LogP contribution in [0.1, 0.15) is 26.2 Å². The van der Waals surface area contributed by atoms with Crippen molar-refractivity contribution >= 4 is 29.7 Å². The number of amides is 3. The maximum Gasteiger partial charge on any atom is 0.326 e. The molecule has 0 rings (SSSR count). The monoisotopic (exact) mass is 291 g/mol. The quantitative estimate of drug-likeness (QED) is 0.481. The molecular formula is C11H21N3O4S. The van der Waals surface area contributed by atoms with Gasteiger partial charge in [-0.05, 0) is 19.1 Å². The highest BCUT2D eigenvalue weighted by Gasteiger charge is 2.21. The Morgan fingerprint density at radius 3 is 2.37 bits per heavy atom. The van der Waals surface area contributed by atoms with E-state index in [0.29, 0.717) is 0 Å². The number of urea groups is 1. The summed E-state index contributed by atoms with van der Waals surface area (Å²) in [4.78, 5) is 33.2. The van der Waals surface area contributed by atoms with Gasteiger partial charge < -0.3 is 21.5 Å². The minimum atomic E-state index is -1.19. The fraction of sp³-hybridized carbons (Fsp3) is 0.727. The lowest BCUT2D eigenvalue weighted by Gasteiger charge is -2.19. The summed E-state index contributed by atoms with van der Waals surface area (Å²) in [7, 11) is 0. The van der Waals surface area contributed by atoms with Gasteiger partial charge in [-0.15, -0.1) is 0 Å². The van der Waals surface area contributed by atoms with E-state index in [0.717, 1.165) is 12.2 Å². The van der Waals surface area contributed by atoms with Gasteiger partial charge in [-0.2, -0.15) is 11.8 Å². The third-order valence-electron chi connectivity index (χ3n) is 2.48. The van der Waals surface area contributed by atoms with E-state index in [9.17, 15) is 14.4 Å². The predicted octanol–water partition coefficient (Wildman–Crippen LogP) is 0.146. The van der Waals surface area contributed by atoms with Crippen LogP contribution in [0.2, 0.25) is 0 Å². The van der Waals surface area contributed by atoms with Crippen molar-refractivity contribution in [1.29, 1.82) is 0 Å². The van der Waals surface area contributed by atoms with Gasteiger partial charge in [-0.25, -0.2) is 9.59 Å². The first kappa shape index (κ1) is 17.6. The number of nitrogens with one attached hydrogen (secondary N) is 2. The Kier molecular flexibility index (Phi) is 8.77. The number of thioether (sulfide) groups is 1. The van der Waals surface area contributed by atoms with Crippen molar-refractivity contribution in [1.82, 2.24) is 10.6 Å². The maximum absolute atomic E-state index is 11.6. The lowest BCUT2D eigenvalue weighted by molar-refractivity contribution is -0.139. The lowest BCUT2D eigenvalue weighted by Crippen LogP contribution is -2.49. The molecule has 0 bridgehead atoms. The van der Waals surface area contributed by atoms with Crippen LogP contribution < -0.4 is 16.4 Å². The van der Waals surface area contributed by atoms with E-state index in [4.69, 9.17) is 10.8 Å². The molecule has 19 heavy (non-hydrogen) atoms. The molecule has 0 aromatic rings. The SMILES string of the molecule is CCC(CSC)NC(=O)N[C@@H](CCC(N)=O)C(=O)O. The van der Waals surface area contributed by atoms with Crippen LogP contribution in [0.25, 0.3) is 0 Å². The maximum atomic E-state index is 11.6. The van der Waals surface area contributed by atoms with Gasteiger partial charge in [0.05, 0.1) is 0 Å². The Morgan fingerprint density at radius 2 is 1.95 bits per heavy atom. The van der Waals surface area contributed by atoms with Gasteiger partial charge in [0.25, 0.3) is 0 Å². The van der Waals surface area contributed by atoms with Crippen molar-refractivity contribution in [3.63, 3.8) is 0 Å². The zero-order valence-corrected chi connectivity index (χ0v) is 12.0. The average Bonchev–Trinajstić information content (AvgIpc) is 2.33. The van der Waals surface area contributed by atoms with Crippen LogP contribution in [0.15, 0.2) is 0 Å². The van der Waals surface area contributed by atoms with E-state index in [-0.39, 0.29) is 18.9 Å². The van der Waals surface area contributed by atoms with Gasteiger partial charge in [-0.1, -0.05) is 6.92 Å². The van der Waals surface area contributed by atoms with Crippen molar-refractivity contribution in [2.24, 2.45) is 5.73 Å². The Balaban J connectivity index is 4.30. The van der Waals surface area contributed by atoms with E-state index in [2.05, 4.69) is 10.6 Å². The molecule has 0 aliphatic rings. The molecule has 0 aliphatic heterocycles. The van der Waals surface area contributed by atoms with Crippen LogP contribution in [0.3, 0.4) is 0 Å². The molecule has 0 aliphatic carbocycles. The Labute approximate surface area is 116 Å². The van der Waals surface area contributed by atoms with Crippen LogP contribution in [0.5, 0.6) is 0 Å². The van der Waals surface area contributed by atoms with E-state index in [1.165, 1.54) is 0 Å². The third-order valence-corrected chi connectivity index (χ3v) is 3.21. The third kappa shape index (κ3) is 8.30. The molecular weight excluding hydrogens is 270 g/mol. The first-order valence-corrected chi connectivity index (χ1v) is 7.37. The predicted molar refractivity (Wildman–Crippen MR) is 74.0 cm³/mol. The summed E-state index contributed by atoms with van der Waals surface area (Å²) >= 11 is 1.60. The van der Waals surface area contributed by atoms with Gasteiger partial charge in [0, 0.05) is 18.2 Å². The van der Waals surface area contributed by atoms with Crippen molar-refractivity contribution in [2.75, 3.05) is 12.0 Å². The zero-order valence-electron chi connectivity index (χ0n) is 11.1. The van der Waals surface area contributed by atoms with E-state index in [1.54, 1.807) is 11.8 Å². The molecule has 8 heteroatoms. The van der Waals surface area contributed by atoms with Crippen LogP contribution in [-0.2, 0) is 9.59 Å². The first-order chi connectivity index (χ1) is 8.90. The molecule has 3 amide bonds. The van der Waals surface area contributed by atoms with Crippen molar-refractivity contribution in [3.8, 4) is 0 Å². The topological polar surface area (TPSA) is 122 Å². The fourth-order valence-electron chi connectivity index (χ4n) is 1.39. The summed E-state index contributed by atoms with van der Waals surface area (Å²) in [5.74, 6) is -1.03. The largest absolute Gasteiger partial charge is 0.480 e. The van der Waals surface area contributed by atoms with Crippen LogP contribution >= 0.6 is 11.8 Å². The van der Waals surface area contributed by atoms with Gasteiger partial charge in [0.1, 0.15) is 6.04 Å². The van der Waals surface area contributed by atoms with Crippen LogP contribution in [0, 0.1) is 0 Å². The molecule has 2 atom stereocenters. The zero-order chi connectivity index (χ0) is 14.8. The summed E-state index contributed by atoms with van der Waals surface area (Å²) < 4.78 is 0. The second kappa shape index (κ2) is 9.48. The Hall–Kier alpha value is -1.44. The highest BCUT2D eigenvalue weighted by Crippen LogP contribution is 2.02. The standard InChI is InChI=1S/C11H21N3O4S/c1-3-7(6-19-2)13-11(18)14-8(10(16)17)4-5-9(12)15/h7-8H,3-6H2,1-2H3,(H2,12,15)(H,16,17)(H2,13,14,18)/t7?,8-/m0/s1. The van der Waals surface area contributed by atoms with Crippen molar-refractivity contribution < 1.29 is 19.5 Å². The van der Waals surface area contributed by atoms with Crippen LogP contribution in [-0.4, -0.2) is 47.1 Å². The number of aliphatic carboxylic acids is 1. The molecule has 1 unspecified atom stereocenters. The van der Waals surface area contributed by atoms with Crippen molar-refractivity contribution in [3.05, 3.63) is 0 Å². The first-order valence-electron chi connectivity index (χ1n) is 5.97. The number of hydrogen-bond acceptors (Lipinski definition) is 4. The molecule has 0 radical (unpaired) electrons. The minimum absolute atomic E-state index is 0.0133. The smallest absolute Gasteiger partial charge is 0.326 e. The van der Waals surface area contributed by atoms with Gasteiger partial charge in [0.2, 0.25) is 5.91 Å². The minimum Gasteiger partial charge on any atom is -0.480 e. The van der Waals surface area contributed by atoms with Gasteiger partial charge >= 0.3 is 12.0 Å². The molecule has 5 N–H and O–H groups in total. The molecule has 0 heterocycles. The second-order valence-electron chi connectivity index (χ2n) is 4.07. The number of hydrogen-bond donors (Lipinski definition) is 4. The number of carboxylic acids is 1. The normalized spacial score (nSPS) is 13.4. The molecule has 7 nitrogen and oxygen atoms in total. The summed E-state index contributed by atoms with van der Waals surface area (Å²) in [5.41, 5.74) is 4.95. The number of rotatable bonds is 9. The molecule has 0 spiro atoms. The number of primary amides is 1. The summed E-state index contributed by atoms with van der Waals surface area (Å²) in [6.45, 7) is 1.93. The van der Waals surface area contributed by atoms with Gasteiger partial charge in [0.15, 0.2) is 0 Å². The number of carbonyl (C=O) groups is 3. The highest BCUT2D eigenvalue weighted by atomic mass is 32.2. The number of carbonyl (C=O) groups excluding carboxylic acids is 2. The highest BCUT2D eigenvalue weighted by molar-refractivity contribution is 7.98. The molecule has 0 fully saturated rings. The molecule has 0 aromatic heterocycles. The number of nitrogens with two attached hydrogens (primary N) is 1. The lowest BCUT2D eigenvalue weighted by atomic mass is 10.1. The van der Waals surface area contributed by atoms with Crippen LogP contribution in [0.4, 0.5) is 4.79 Å². The van der Waals surface area contributed by atoms with Crippen molar-refractivity contribution in [2.45, 2.75) is 38.3 Å². The second-order valence-corrected chi connectivity index (χ2v) is 4.98.